The second-order valence-electron chi connectivity index (χ2n) is 7.09. The van der Waals surface area contributed by atoms with Crippen molar-refractivity contribution in [3.8, 4) is 23.0 Å². The molecular formula is C25H27BrClNO4. The highest BCUT2D eigenvalue weighted by molar-refractivity contribution is 9.10. The lowest BCUT2D eigenvalue weighted by Gasteiger charge is -2.17. The van der Waals surface area contributed by atoms with E-state index in [1.165, 1.54) is 5.56 Å². The first-order valence-corrected chi connectivity index (χ1v) is 11.4. The summed E-state index contributed by atoms with van der Waals surface area (Å²) in [5.41, 5.74) is 3.20. The average Bonchev–Trinajstić information content (AvgIpc) is 2.82. The molecule has 0 bridgehead atoms. The molecule has 0 unspecified atom stereocenters. The van der Waals surface area contributed by atoms with Crippen LogP contribution in [0.5, 0.6) is 23.0 Å². The van der Waals surface area contributed by atoms with Gasteiger partial charge in [-0.05, 0) is 60.5 Å². The summed E-state index contributed by atoms with van der Waals surface area (Å²) in [6.45, 7) is 1.83. The van der Waals surface area contributed by atoms with Gasteiger partial charge in [-0.15, -0.1) is 0 Å². The molecule has 0 aromatic heterocycles. The van der Waals surface area contributed by atoms with Gasteiger partial charge in [-0.2, -0.15) is 0 Å². The summed E-state index contributed by atoms with van der Waals surface area (Å²) in [5, 5.41) is 4.20. The van der Waals surface area contributed by atoms with E-state index in [2.05, 4.69) is 21.2 Å². The Labute approximate surface area is 202 Å². The zero-order valence-electron chi connectivity index (χ0n) is 18.4. The minimum absolute atomic E-state index is 0.419. The van der Waals surface area contributed by atoms with Crippen LogP contribution >= 0.6 is 27.5 Å². The third-order valence-corrected chi connectivity index (χ3v) is 6.02. The molecule has 0 radical (unpaired) electrons. The van der Waals surface area contributed by atoms with Crippen molar-refractivity contribution in [1.82, 2.24) is 5.32 Å². The minimum atomic E-state index is 0.419. The van der Waals surface area contributed by atoms with Crippen molar-refractivity contribution in [1.29, 1.82) is 0 Å². The molecule has 170 valence electrons. The normalized spacial score (nSPS) is 10.7. The summed E-state index contributed by atoms with van der Waals surface area (Å²) in [6.07, 6.45) is 0.850. The maximum atomic E-state index is 6.17. The van der Waals surface area contributed by atoms with Gasteiger partial charge in [-0.1, -0.05) is 45.7 Å². The summed E-state index contributed by atoms with van der Waals surface area (Å²) in [7, 11) is 4.93. The SMILES string of the molecule is COc1ccc(CCNCc2c(Br)ccc(OC)c2OCc2ccc(Cl)cc2)cc1OC. The average molecular weight is 521 g/mol. The van der Waals surface area contributed by atoms with Crippen molar-refractivity contribution in [3.05, 3.63) is 80.8 Å². The minimum Gasteiger partial charge on any atom is -0.493 e. The number of nitrogens with one attached hydrogen (secondary N) is 1. The molecule has 0 fully saturated rings. The van der Waals surface area contributed by atoms with Gasteiger partial charge in [0.05, 0.1) is 21.3 Å². The summed E-state index contributed by atoms with van der Waals surface area (Å²) in [5.74, 6) is 2.87. The van der Waals surface area contributed by atoms with Crippen molar-refractivity contribution in [3.63, 3.8) is 0 Å². The molecule has 0 aliphatic heterocycles. The van der Waals surface area contributed by atoms with Gasteiger partial charge in [0.25, 0.3) is 0 Å². The second kappa shape index (κ2) is 12.0. The number of hydrogen-bond acceptors (Lipinski definition) is 5. The molecule has 0 atom stereocenters. The van der Waals surface area contributed by atoms with E-state index in [1.54, 1.807) is 21.3 Å². The molecule has 0 aliphatic carbocycles. The third-order valence-electron chi connectivity index (χ3n) is 5.02. The first kappa shape index (κ1) is 24.2. The van der Waals surface area contributed by atoms with Gasteiger partial charge in [0.15, 0.2) is 23.0 Å². The van der Waals surface area contributed by atoms with Gasteiger partial charge in [0.1, 0.15) is 6.61 Å². The van der Waals surface area contributed by atoms with Crippen LogP contribution < -0.4 is 24.3 Å². The largest absolute Gasteiger partial charge is 0.493 e. The van der Waals surface area contributed by atoms with Crippen LogP contribution in [0.4, 0.5) is 0 Å². The van der Waals surface area contributed by atoms with E-state index >= 15 is 0 Å². The van der Waals surface area contributed by atoms with E-state index in [0.29, 0.717) is 23.9 Å². The third kappa shape index (κ3) is 6.31. The molecule has 3 aromatic rings. The molecule has 7 heteroatoms. The predicted octanol–water partition coefficient (Wildman–Crippen LogP) is 6.04. The van der Waals surface area contributed by atoms with Crippen LogP contribution in [0, 0.1) is 0 Å². The molecule has 1 N–H and O–H groups in total. The lowest BCUT2D eigenvalue weighted by molar-refractivity contribution is 0.280. The fourth-order valence-electron chi connectivity index (χ4n) is 3.28. The molecule has 0 saturated carbocycles. The second-order valence-corrected chi connectivity index (χ2v) is 8.38. The molecule has 3 aromatic carbocycles. The Kier molecular flexibility index (Phi) is 9.09. The first-order valence-electron chi connectivity index (χ1n) is 10.2. The van der Waals surface area contributed by atoms with E-state index < -0.39 is 0 Å². The number of rotatable bonds is 11. The van der Waals surface area contributed by atoms with Gasteiger partial charge in [0, 0.05) is 21.6 Å². The summed E-state index contributed by atoms with van der Waals surface area (Å²) < 4.78 is 23.4. The molecule has 0 saturated heterocycles. The van der Waals surface area contributed by atoms with Crippen LogP contribution in [-0.2, 0) is 19.6 Å². The van der Waals surface area contributed by atoms with Gasteiger partial charge in [-0.25, -0.2) is 0 Å². The number of halogens is 2. The lowest BCUT2D eigenvalue weighted by Crippen LogP contribution is -2.18. The molecule has 5 nitrogen and oxygen atoms in total. The highest BCUT2D eigenvalue weighted by Crippen LogP contribution is 2.37. The Balaban J connectivity index is 1.65. The first-order chi connectivity index (χ1) is 15.5. The Morgan fingerprint density at radius 3 is 2.16 bits per heavy atom. The van der Waals surface area contributed by atoms with Crippen molar-refractivity contribution in [2.24, 2.45) is 0 Å². The molecule has 3 rings (SSSR count). The van der Waals surface area contributed by atoms with Gasteiger partial charge in [0.2, 0.25) is 0 Å². The Bertz CT molecular complexity index is 1030. The Morgan fingerprint density at radius 1 is 0.812 bits per heavy atom. The molecule has 0 heterocycles. The lowest BCUT2D eigenvalue weighted by atomic mass is 10.1. The van der Waals surface area contributed by atoms with E-state index in [0.717, 1.165) is 45.8 Å². The topological polar surface area (TPSA) is 49.0 Å². The standard InChI is InChI=1S/C25H27BrClNO4/c1-29-22-10-6-17(14-24(22)31-3)12-13-28-15-20-21(26)9-11-23(30-2)25(20)32-16-18-4-7-19(27)8-5-18/h4-11,14,28H,12-13,15-16H2,1-3H3. The fraction of sp³-hybridized carbons (Fsp3) is 0.280. The van der Waals surface area contributed by atoms with E-state index in [9.17, 15) is 0 Å². The van der Waals surface area contributed by atoms with E-state index in [1.807, 2.05) is 54.6 Å². The van der Waals surface area contributed by atoms with Crippen LogP contribution in [0.1, 0.15) is 16.7 Å². The van der Waals surface area contributed by atoms with Crippen molar-refractivity contribution >= 4 is 27.5 Å². The highest BCUT2D eigenvalue weighted by Gasteiger charge is 2.15. The highest BCUT2D eigenvalue weighted by atomic mass is 79.9. The smallest absolute Gasteiger partial charge is 0.167 e. The van der Waals surface area contributed by atoms with Crippen molar-refractivity contribution in [2.45, 2.75) is 19.6 Å². The number of benzene rings is 3. The van der Waals surface area contributed by atoms with Crippen LogP contribution in [0.15, 0.2) is 59.1 Å². The van der Waals surface area contributed by atoms with Gasteiger partial charge >= 0.3 is 0 Å². The maximum Gasteiger partial charge on any atom is 0.167 e. The van der Waals surface area contributed by atoms with E-state index in [4.69, 9.17) is 30.5 Å². The molecule has 32 heavy (non-hydrogen) atoms. The molecule has 0 spiro atoms. The van der Waals surface area contributed by atoms with Crippen molar-refractivity contribution in [2.75, 3.05) is 27.9 Å². The van der Waals surface area contributed by atoms with Crippen LogP contribution in [0.2, 0.25) is 5.02 Å². The Morgan fingerprint density at radius 2 is 1.47 bits per heavy atom. The molecule has 0 amide bonds. The Hall–Kier alpha value is -2.41. The molecule has 0 aliphatic rings. The monoisotopic (exact) mass is 519 g/mol. The zero-order valence-corrected chi connectivity index (χ0v) is 20.8. The number of methoxy groups -OCH3 is 3. The summed E-state index contributed by atoms with van der Waals surface area (Å²) >= 11 is 9.64. The predicted molar refractivity (Wildman–Crippen MR) is 131 cm³/mol. The maximum absolute atomic E-state index is 6.17. The summed E-state index contributed by atoms with van der Waals surface area (Å²) in [6, 6.07) is 17.5. The summed E-state index contributed by atoms with van der Waals surface area (Å²) in [4.78, 5) is 0. The molecular weight excluding hydrogens is 494 g/mol. The van der Waals surface area contributed by atoms with Crippen molar-refractivity contribution < 1.29 is 18.9 Å². The zero-order chi connectivity index (χ0) is 22.9. The van der Waals surface area contributed by atoms with Gasteiger partial charge in [-0.3, -0.25) is 0 Å². The van der Waals surface area contributed by atoms with Crippen LogP contribution in [0.3, 0.4) is 0 Å². The quantitative estimate of drug-likeness (QED) is 0.312. The number of hydrogen-bond donors (Lipinski definition) is 1. The van der Waals surface area contributed by atoms with E-state index in [-0.39, 0.29) is 0 Å². The number of ether oxygens (including phenoxy) is 4. The fourth-order valence-corrected chi connectivity index (χ4v) is 3.86. The van der Waals surface area contributed by atoms with Gasteiger partial charge < -0.3 is 24.3 Å². The van der Waals surface area contributed by atoms with Crippen LogP contribution in [0.25, 0.3) is 0 Å². The van der Waals surface area contributed by atoms with Crippen LogP contribution in [-0.4, -0.2) is 27.9 Å².